The van der Waals surface area contributed by atoms with Gasteiger partial charge in [-0.25, -0.2) is 0 Å². The molecule has 0 saturated carbocycles. The molecular formula is C16H17NOS. The van der Waals surface area contributed by atoms with E-state index in [-0.39, 0.29) is 0 Å². The van der Waals surface area contributed by atoms with Gasteiger partial charge in [0.15, 0.2) is 0 Å². The van der Waals surface area contributed by atoms with Gasteiger partial charge in [0.2, 0.25) is 0 Å². The van der Waals surface area contributed by atoms with Gasteiger partial charge in [-0.2, -0.15) is 0 Å². The maximum absolute atomic E-state index is 5.35. The fourth-order valence-electron chi connectivity index (χ4n) is 3.38. The number of thiophene rings is 1. The van der Waals surface area contributed by atoms with Crippen molar-refractivity contribution in [2.24, 2.45) is 0 Å². The summed E-state index contributed by atoms with van der Waals surface area (Å²) in [7, 11) is 1.75. The molecule has 0 fully saturated rings. The highest BCUT2D eigenvalue weighted by molar-refractivity contribution is 7.10. The highest BCUT2D eigenvalue weighted by Gasteiger charge is 2.32. The van der Waals surface area contributed by atoms with Crippen LogP contribution in [0.3, 0.4) is 0 Å². The highest BCUT2D eigenvalue weighted by Crippen LogP contribution is 2.40. The van der Waals surface area contributed by atoms with E-state index in [2.05, 4.69) is 34.5 Å². The van der Waals surface area contributed by atoms with Crippen molar-refractivity contribution in [3.05, 3.63) is 51.2 Å². The molecule has 0 spiro atoms. The molecule has 3 heterocycles. The van der Waals surface area contributed by atoms with Crippen LogP contribution < -0.4 is 4.74 Å². The van der Waals surface area contributed by atoms with Crippen molar-refractivity contribution < 1.29 is 4.74 Å². The molecule has 0 N–H and O–H groups in total. The Bertz CT molecular complexity index is 619. The molecule has 98 valence electrons. The first-order valence-corrected chi connectivity index (χ1v) is 7.69. The predicted molar refractivity (Wildman–Crippen MR) is 77.9 cm³/mol. The SMILES string of the molecule is COc1ccc2c(c1)CCN1Cc3ccsc3CC21. The van der Waals surface area contributed by atoms with Gasteiger partial charge in [0.05, 0.1) is 7.11 Å². The van der Waals surface area contributed by atoms with E-state index in [1.54, 1.807) is 17.6 Å². The van der Waals surface area contributed by atoms with E-state index in [0.29, 0.717) is 6.04 Å². The summed E-state index contributed by atoms with van der Waals surface area (Å²) in [5.41, 5.74) is 4.52. The average Bonchev–Trinajstić information content (AvgIpc) is 2.91. The Balaban J connectivity index is 1.75. The maximum Gasteiger partial charge on any atom is 0.119 e. The smallest absolute Gasteiger partial charge is 0.119 e. The molecule has 1 atom stereocenters. The first-order valence-electron chi connectivity index (χ1n) is 6.81. The summed E-state index contributed by atoms with van der Waals surface area (Å²) in [4.78, 5) is 4.20. The largest absolute Gasteiger partial charge is 0.497 e. The van der Waals surface area contributed by atoms with Gasteiger partial charge in [0.25, 0.3) is 0 Å². The summed E-state index contributed by atoms with van der Waals surface area (Å²) in [6.07, 6.45) is 2.31. The van der Waals surface area contributed by atoms with Crippen LogP contribution in [0.25, 0.3) is 0 Å². The van der Waals surface area contributed by atoms with E-state index in [9.17, 15) is 0 Å². The molecule has 0 amide bonds. The van der Waals surface area contributed by atoms with Crippen molar-refractivity contribution in [3.63, 3.8) is 0 Å². The van der Waals surface area contributed by atoms with Crippen LogP contribution in [0.15, 0.2) is 29.6 Å². The monoisotopic (exact) mass is 271 g/mol. The van der Waals surface area contributed by atoms with Crippen molar-refractivity contribution in [2.45, 2.75) is 25.4 Å². The molecule has 2 aliphatic rings. The van der Waals surface area contributed by atoms with Crippen molar-refractivity contribution >= 4 is 11.3 Å². The number of fused-ring (bicyclic) bond motifs is 4. The van der Waals surface area contributed by atoms with E-state index in [0.717, 1.165) is 18.7 Å². The minimum atomic E-state index is 0.570. The van der Waals surface area contributed by atoms with Crippen LogP contribution in [0, 0.1) is 0 Å². The van der Waals surface area contributed by atoms with E-state index < -0.39 is 0 Å². The zero-order valence-corrected chi connectivity index (χ0v) is 11.9. The number of methoxy groups -OCH3 is 1. The second-order valence-corrected chi connectivity index (χ2v) is 6.37. The highest BCUT2D eigenvalue weighted by atomic mass is 32.1. The number of benzene rings is 1. The van der Waals surface area contributed by atoms with Gasteiger partial charge < -0.3 is 4.74 Å². The molecule has 19 heavy (non-hydrogen) atoms. The Hall–Kier alpha value is -1.32. The number of hydrogen-bond donors (Lipinski definition) is 0. The molecule has 0 radical (unpaired) electrons. The lowest BCUT2D eigenvalue weighted by Crippen LogP contribution is -2.38. The molecule has 3 heteroatoms. The second kappa shape index (κ2) is 4.36. The van der Waals surface area contributed by atoms with E-state index in [1.165, 1.54) is 24.1 Å². The van der Waals surface area contributed by atoms with E-state index in [4.69, 9.17) is 4.74 Å². The van der Waals surface area contributed by atoms with Gasteiger partial charge in [-0.1, -0.05) is 6.07 Å². The van der Waals surface area contributed by atoms with E-state index >= 15 is 0 Å². The molecule has 4 rings (SSSR count). The molecular weight excluding hydrogens is 254 g/mol. The zero-order valence-electron chi connectivity index (χ0n) is 11.1. The van der Waals surface area contributed by atoms with Crippen molar-refractivity contribution in [3.8, 4) is 5.75 Å². The number of nitrogens with zero attached hydrogens (tertiary/aromatic N) is 1. The Morgan fingerprint density at radius 1 is 1.26 bits per heavy atom. The number of hydrogen-bond acceptors (Lipinski definition) is 3. The summed E-state index contributed by atoms with van der Waals surface area (Å²) in [5.74, 6) is 0.986. The lowest BCUT2D eigenvalue weighted by molar-refractivity contribution is 0.162. The Labute approximate surface area is 117 Å². The van der Waals surface area contributed by atoms with Gasteiger partial charge in [0.1, 0.15) is 5.75 Å². The molecule has 2 nitrogen and oxygen atoms in total. The van der Waals surface area contributed by atoms with Crippen LogP contribution in [0.1, 0.15) is 27.6 Å². The average molecular weight is 271 g/mol. The zero-order chi connectivity index (χ0) is 12.8. The number of ether oxygens (including phenoxy) is 1. The molecule has 0 aliphatic carbocycles. The minimum Gasteiger partial charge on any atom is -0.497 e. The molecule has 0 bridgehead atoms. The molecule has 2 aromatic rings. The first-order chi connectivity index (χ1) is 9.35. The van der Waals surface area contributed by atoms with Crippen molar-refractivity contribution in [1.29, 1.82) is 0 Å². The van der Waals surface area contributed by atoms with Crippen LogP contribution in [-0.4, -0.2) is 18.6 Å². The van der Waals surface area contributed by atoms with Gasteiger partial charge in [-0.05, 0) is 46.7 Å². The normalized spacial score (nSPS) is 21.4. The molecule has 1 aromatic carbocycles. The van der Waals surface area contributed by atoms with Gasteiger partial charge >= 0.3 is 0 Å². The van der Waals surface area contributed by atoms with Crippen LogP contribution in [-0.2, 0) is 19.4 Å². The van der Waals surface area contributed by atoms with Crippen LogP contribution in [0.5, 0.6) is 5.75 Å². The molecule has 0 saturated heterocycles. The quantitative estimate of drug-likeness (QED) is 0.788. The van der Waals surface area contributed by atoms with Gasteiger partial charge in [0, 0.05) is 30.4 Å². The molecule has 1 unspecified atom stereocenters. The van der Waals surface area contributed by atoms with Crippen molar-refractivity contribution in [1.82, 2.24) is 4.90 Å². The Morgan fingerprint density at radius 3 is 3.11 bits per heavy atom. The number of rotatable bonds is 1. The third kappa shape index (κ3) is 1.80. The lowest BCUT2D eigenvalue weighted by atomic mass is 9.87. The summed E-state index contributed by atoms with van der Waals surface area (Å²) in [5, 5.41) is 2.23. The fraction of sp³-hybridized carbons (Fsp3) is 0.375. The summed E-state index contributed by atoms with van der Waals surface area (Å²) in [6, 6.07) is 9.45. The Morgan fingerprint density at radius 2 is 2.21 bits per heavy atom. The topological polar surface area (TPSA) is 12.5 Å². The summed E-state index contributed by atoms with van der Waals surface area (Å²) in [6.45, 7) is 2.29. The first kappa shape index (κ1) is 11.5. The van der Waals surface area contributed by atoms with E-state index in [1.807, 2.05) is 11.3 Å². The van der Waals surface area contributed by atoms with Crippen molar-refractivity contribution in [2.75, 3.05) is 13.7 Å². The third-order valence-electron chi connectivity index (χ3n) is 4.41. The van der Waals surface area contributed by atoms with Gasteiger partial charge in [-0.15, -0.1) is 11.3 Å². The standard InChI is InChI=1S/C16H17NOS/c1-18-13-2-3-14-11(8-13)4-6-17-10-12-5-7-19-16(12)9-15(14)17/h2-3,5,7-8,15H,4,6,9-10H2,1H3. The maximum atomic E-state index is 5.35. The molecule has 1 aromatic heterocycles. The van der Waals surface area contributed by atoms with Crippen LogP contribution in [0.2, 0.25) is 0 Å². The van der Waals surface area contributed by atoms with Crippen LogP contribution >= 0.6 is 11.3 Å². The second-order valence-electron chi connectivity index (χ2n) is 5.37. The van der Waals surface area contributed by atoms with Gasteiger partial charge in [-0.3, -0.25) is 4.90 Å². The third-order valence-corrected chi connectivity index (χ3v) is 5.39. The Kier molecular flexibility index (Phi) is 2.64. The predicted octanol–water partition coefficient (Wildman–Crippen LogP) is 3.41. The summed E-state index contributed by atoms with van der Waals surface area (Å²) >= 11 is 1.91. The lowest BCUT2D eigenvalue weighted by Gasteiger charge is -2.40. The fourth-order valence-corrected chi connectivity index (χ4v) is 4.31. The summed E-state index contributed by atoms with van der Waals surface area (Å²) < 4.78 is 5.35. The minimum absolute atomic E-state index is 0.570. The van der Waals surface area contributed by atoms with Crippen LogP contribution in [0.4, 0.5) is 0 Å². The molecule has 2 aliphatic heterocycles.